The predicted molar refractivity (Wildman–Crippen MR) is 136 cm³/mol. The third-order valence-electron chi connectivity index (χ3n) is 6.08. The first kappa shape index (κ1) is 23.1. The Labute approximate surface area is 200 Å². The summed E-state index contributed by atoms with van der Waals surface area (Å²) < 4.78 is 6.07. The molecule has 0 fully saturated rings. The first-order valence-electron chi connectivity index (χ1n) is 11.1. The van der Waals surface area contributed by atoms with E-state index in [-0.39, 0.29) is 17.2 Å². The number of anilines is 3. The lowest BCUT2D eigenvalue weighted by molar-refractivity contribution is 0.454. The van der Waals surface area contributed by atoms with E-state index < -0.39 is 0 Å². The highest BCUT2D eigenvalue weighted by atomic mass is 16.5. The Morgan fingerprint density at radius 3 is 1.71 bits per heavy atom. The maximum atomic E-state index is 10.4. The van der Waals surface area contributed by atoms with Gasteiger partial charge in [0.15, 0.2) is 0 Å². The molecule has 4 aromatic carbocycles. The van der Waals surface area contributed by atoms with Gasteiger partial charge < -0.3 is 25.0 Å². The van der Waals surface area contributed by atoms with E-state index in [4.69, 9.17) is 4.74 Å². The highest BCUT2D eigenvalue weighted by molar-refractivity contribution is 5.83. The van der Waals surface area contributed by atoms with E-state index in [1.807, 2.05) is 69.9 Å². The van der Waals surface area contributed by atoms with Gasteiger partial charge in [0.25, 0.3) is 0 Å². The van der Waals surface area contributed by atoms with Gasteiger partial charge in [-0.1, -0.05) is 6.07 Å². The molecule has 0 amide bonds. The van der Waals surface area contributed by atoms with Crippen LogP contribution in [0.5, 0.6) is 28.7 Å². The number of rotatable bonds is 5. The van der Waals surface area contributed by atoms with Gasteiger partial charge in [0, 0.05) is 30.0 Å². The lowest BCUT2D eigenvalue weighted by Crippen LogP contribution is -2.13. The van der Waals surface area contributed by atoms with Crippen molar-refractivity contribution < 1.29 is 20.1 Å². The average molecular weight is 456 g/mol. The summed E-state index contributed by atoms with van der Waals surface area (Å²) in [5, 5.41) is 30.8. The molecule has 0 bridgehead atoms. The largest absolute Gasteiger partial charge is 0.508 e. The van der Waals surface area contributed by atoms with Gasteiger partial charge in [0.1, 0.15) is 28.7 Å². The van der Waals surface area contributed by atoms with Crippen molar-refractivity contribution in [3.8, 4) is 28.7 Å². The zero-order chi connectivity index (χ0) is 24.6. The molecule has 0 saturated heterocycles. The van der Waals surface area contributed by atoms with Crippen LogP contribution in [0.4, 0.5) is 17.1 Å². The van der Waals surface area contributed by atoms with Gasteiger partial charge in [0.05, 0.1) is 11.4 Å². The molecule has 4 rings (SSSR count). The number of phenolic OH excluding ortho intramolecular Hbond substituents is 3. The number of aryl methyl sites for hydroxylation is 3. The van der Waals surface area contributed by atoms with E-state index in [9.17, 15) is 15.3 Å². The van der Waals surface area contributed by atoms with Crippen molar-refractivity contribution in [3.05, 3.63) is 94.5 Å². The first-order valence-corrected chi connectivity index (χ1v) is 11.1. The fourth-order valence-electron chi connectivity index (χ4n) is 4.13. The van der Waals surface area contributed by atoms with Crippen molar-refractivity contribution in [1.29, 1.82) is 0 Å². The zero-order valence-corrected chi connectivity index (χ0v) is 20.0. The fourth-order valence-corrected chi connectivity index (χ4v) is 4.13. The van der Waals surface area contributed by atoms with Gasteiger partial charge >= 0.3 is 0 Å². The second kappa shape index (κ2) is 9.02. The lowest BCUT2D eigenvalue weighted by Gasteiger charge is -2.30. The average Bonchev–Trinajstić information content (AvgIpc) is 2.74. The van der Waals surface area contributed by atoms with Crippen LogP contribution in [0.2, 0.25) is 0 Å². The van der Waals surface area contributed by atoms with Crippen LogP contribution in [0.3, 0.4) is 0 Å². The Kier molecular flexibility index (Phi) is 6.12. The number of phenols is 3. The van der Waals surface area contributed by atoms with Gasteiger partial charge in [-0.05, 0) is 98.8 Å². The molecule has 0 heterocycles. The summed E-state index contributed by atoms with van der Waals surface area (Å²) in [6.07, 6.45) is 0. The van der Waals surface area contributed by atoms with Crippen molar-refractivity contribution >= 4 is 17.1 Å². The Morgan fingerprint density at radius 1 is 0.588 bits per heavy atom. The van der Waals surface area contributed by atoms with Crippen LogP contribution in [0, 0.1) is 34.6 Å². The lowest BCUT2D eigenvalue weighted by atomic mass is 10.0. The summed E-state index contributed by atoms with van der Waals surface area (Å²) in [5.41, 5.74) is 7.22. The normalized spacial score (nSPS) is 10.9. The SMILES string of the molecule is Cc1cc(O)cc(Oc2cccc(N(c3cc(O)cc(C)c3C)c3cc(O)cc(C)c3C)c2)c1. The summed E-state index contributed by atoms with van der Waals surface area (Å²) in [7, 11) is 0. The van der Waals surface area contributed by atoms with Crippen molar-refractivity contribution in [2.75, 3.05) is 4.90 Å². The molecule has 4 aromatic rings. The van der Waals surface area contributed by atoms with Crippen molar-refractivity contribution in [3.63, 3.8) is 0 Å². The summed E-state index contributed by atoms with van der Waals surface area (Å²) >= 11 is 0. The van der Waals surface area contributed by atoms with E-state index in [0.29, 0.717) is 11.5 Å². The second-order valence-corrected chi connectivity index (χ2v) is 8.75. The molecule has 0 unspecified atom stereocenters. The maximum absolute atomic E-state index is 10.4. The third kappa shape index (κ3) is 4.64. The molecular formula is C29H29NO4. The predicted octanol–water partition coefficient (Wildman–Crippen LogP) is 7.61. The summed E-state index contributed by atoms with van der Waals surface area (Å²) in [5.74, 6) is 1.61. The fraction of sp³-hybridized carbons (Fsp3) is 0.172. The van der Waals surface area contributed by atoms with Crippen LogP contribution in [-0.2, 0) is 0 Å². The number of ether oxygens (including phenoxy) is 1. The minimum Gasteiger partial charge on any atom is -0.508 e. The van der Waals surface area contributed by atoms with E-state index in [1.54, 1.807) is 36.4 Å². The van der Waals surface area contributed by atoms with E-state index in [0.717, 1.165) is 44.9 Å². The van der Waals surface area contributed by atoms with Crippen LogP contribution in [0.1, 0.15) is 27.8 Å². The second-order valence-electron chi connectivity index (χ2n) is 8.75. The molecule has 0 aliphatic carbocycles. The molecule has 5 nitrogen and oxygen atoms in total. The molecule has 3 N–H and O–H groups in total. The van der Waals surface area contributed by atoms with Crippen molar-refractivity contribution in [1.82, 2.24) is 0 Å². The smallest absolute Gasteiger partial charge is 0.131 e. The number of benzene rings is 4. The highest BCUT2D eigenvalue weighted by Gasteiger charge is 2.20. The van der Waals surface area contributed by atoms with Crippen LogP contribution >= 0.6 is 0 Å². The quantitative estimate of drug-likeness (QED) is 0.289. The molecule has 0 aromatic heterocycles. The molecule has 174 valence electrons. The van der Waals surface area contributed by atoms with E-state index in [2.05, 4.69) is 0 Å². The molecule has 5 heteroatoms. The standard InChI is InChI=1S/C29H29NO4/c1-17-9-23(31)14-27(10-17)34-26-8-6-7-22(13-26)30(28-15-24(32)11-18(2)20(28)4)29-16-25(33)12-19(3)21(29)5/h6-16,31-33H,1-5H3. The molecule has 0 atom stereocenters. The van der Waals surface area contributed by atoms with Crippen LogP contribution in [-0.4, -0.2) is 15.3 Å². The third-order valence-corrected chi connectivity index (χ3v) is 6.08. The first-order chi connectivity index (χ1) is 16.1. The molecule has 0 radical (unpaired) electrons. The van der Waals surface area contributed by atoms with Gasteiger partial charge in [-0.2, -0.15) is 0 Å². The van der Waals surface area contributed by atoms with Gasteiger partial charge in [0.2, 0.25) is 0 Å². The molecule has 0 spiro atoms. The monoisotopic (exact) mass is 455 g/mol. The van der Waals surface area contributed by atoms with Crippen molar-refractivity contribution in [2.24, 2.45) is 0 Å². The Hall–Kier alpha value is -4.12. The Bertz CT molecular complexity index is 1300. The van der Waals surface area contributed by atoms with Gasteiger partial charge in [-0.25, -0.2) is 0 Å². The number of hydrogen-bond donors (Lipinski definition) is 3. The molecular weight excluding hydrogens is 426 g/mol. The van der Waals surface area contributed by atoms with Gasteiger partial charge in [-0.3, -0.25) is 0 Å². The highest BCUT2D eigenvalue weighted by Crippen LogP contribution is 2.43. The topological polar surface area (TPSA) is 73.2 Å². The minimum atomic E-state index is 0.143. The van der Waals surface area contributed by atoms with E-state index in [1.165, 1.54) is 0 Å². The summed E-state index contributed by atoms with van der Waals surface area (Å²) in [4.78, 5) is 2.02. The van der Waals surface area contributed by atoms with Crippen LogP contribution in [0.15, 0.2) is 66.7 Å². The molecule has 0 saturated carbocycles. The maximum Gasteiger partial charge on any atom is 0.131 e. The van der Waals surface area contributed by atoms with Crippen LogP contribution in [0.25, 0.3) is 0 Å². The number of hydrogen-bond acceptors (Lipinski definition) is 5. The number of aromatic hydroxyl groups is 3. The Morgan fingerprint density at radius 2 is 1.15 bits per heavy atom. The summed E-state index contributed by atoms with van der Waals surface area (Å²) in [6, 6.07) is 19.6. The molecule has 34 heavy (non-hydrogen) atoms. The Balaban J connectivity index is 1.89. The molecule has 0 aliphatic rings. The summed E-state index contributed by atoms with van der Waals surface area (Å²) in [6.45, 7) is 9.84. The van der Waals surface area contributed by atoms with Crippen LogP contribution < -0.4 is 9.64 Å². The van der Waals surface area contributed by atoms with E-state index >= 15 is 0 Å². The zero-order valence-electron chi connectivity index (χ0n) is 20.0. The minimum absolute atomic E-state index is 0.143. The molecule has 0 aliphatic heterocycles. The van der Waals surface area contributed by atoms with Gasteiger partial charge in [-0.15, -0.1) is 0 Å². The number of nitrogens with zero attached hydrogens (tertiary/aromatic N) is 1. The van der Waals surface area contributed by atoms with Crippen molar-refractivity contribution in [2.45, 2.75) is 34.6 Å².